The van der Waals surface area contributed by atoms with E-state index < -0.39 is 0 Å². The molecule has 0 aliphatic heterocycles. The second-order valence-corrected chi connectivity index (χ2v) is 11.6. The zero-order chi connectivity index (χ0) is 25.3. The Hall–Kier alpha value is -1.42. The third kappa shape index (κ3) is 5.78. The first kappa shape index (κ1) is 26.6. The van der Waals surface area contributed by atoms with Crippen molar-refractivity contribution < 1.29 is 9.59 Å². The molecule has 35 heavy (non-hydrogen) atoms. The van der Waals surface area contributed by atoms with E-state index in [0.717, 1.165) is 30.3 Å². The fourth-order valence-corrected chi connectivity index (χ4v) is 5.90. The van der Waals surface area contributed by atoms with Gasteiger partial charge in [0.2, 0.25) is 0 Å². The number of nitrogens with zero attached hydrogens (tertiary/aromatic N) is 4. The summed E-state index contributed by atoms with van der Waals surface area (Å²) in [5.74, 6) is 2.09. The molecular formula is C23H20Cl4N4O2S2. The van der Waals surface area contributed by atoms with Gasteiger partial charge in [0.15, 0.2) is 11.6 Å². The number of unbranched alkanes of at least 4 members (excludes halogenated alkanes) is 2. The van der Waals surface area contributed by atoms with Crippen LogP contribution in [0.1, 0.15) is 40.5 Å². The summed E-state index contributed by atoms with van der Waals surface area (Å²) in [6, 6.07) is 6.75. The lowest BCUT2D eigenvalue weighted by Crippen LogP contribution is -2.05. The van der Waals surface area contributed by atoms with Gasteiger partial charge in [0.05, 0.1) is 42.2 Å². The number of halogens is 4. The lowest BCUT2D eigenvalue weighted by molar-refractivity contribution is 0.107. The highest BCUT2D eigenvalue weighted by atomic mass is 35.5. The number of thioether (sulfide) groups is 2. The Bertz CT molecular complexity index is 1340. The largest absolute Gasteiger partial charge is 0.324 e. The van der Waals surface area contributed by atoms with E-state index in [1.165, 1.54) is 23.5 Å². The van der Waals surface area contributed by atoms with Gasteiger partial charge < -0.3 is 9.13 Å². The van der Waals surface area contributed by atoms with Gasteiger partial charge in [-0.05, 0) is 37.1 Å². The van der Waals surface area contributed by atoms with Gasteiger partial charge in [-0.15, -0.1) is 0 Å². The van der Waals surface area contributed by atoms with Crippen molar-refractivity contribution in [3.8, 4) is 0 Å². The average Bonchev–Trinajstić information content (AvgIpc) is 3.30. The summed E-state index contributed by atoms with van der Waals surface area (Å²) < 4.78 is 3.47. The van der Waals surface area contributed by atoms with Crippen molar-refractivity contribution in [1.82, 2.24) is 19.1 Å². The van der Waals surface area contributed by atoms with E-state index >= 15 is 0 Å². The molecule has 0 aliphatic rings. The zero-order valence-electron chi connectivity index (χ0n) is 18.8. The molecule has 0 N–H and O–H groups in total. The van der Waals surface area contributed by atoms with Gasteiger partial charge in [-0.1, -0.05) is 76.3 Å². The van der Waals surface area contributed by atoms with Crippen molar-refractivity contribution in [2.75, 3.05) is 11.5 Å². The van der Waals surface area contributed by atoms with Crippen LogP contribution in [0.15, 0.2) is 24.3 Å². The first-order valence-corrected chi connectivity index (χ1v) is 14.1. The van der Waals surface area contributed by atoms with Crippen LogP contribution >= 0.6 is 69.9 Å². The van der Waals surface area contributed by atoms with E-state index in [-0.39, 0.29) is 10.2 Å². The van der Waals surface area contributed by atoms with Crippen LogP contribution in [0.25, 0.3) is 22.1 Å². The van der Waals surface area contributed by atoms with Crippen molar-refractivity contribution in [2.45, 2.75) is 19.3 Å². The van der Waals surface area contributed by atoms with Crippen molar-refractivity contribution >= 4 is 102 Å². The molecule has 0 spiro atoms. The van der Waals surface area contributed by atoms with E-state index in [2.05, 4.69) is 9.97 Å². The van der Waals surface area contributed by atoms with E-state index in [1.54, 1.807) is 47.5 Å². The van der Waals surface area contributed by atoms with Gasteiger partial charge in [0.1, 0.15) is 0 Å². The number of rotatable bonds is 8. The van der Waals surface area contributed by atoms with Crippen LogP contribution in [0.3, 0.4) is 0 Å². The fourth-order valence-electron chi connectivity index (χ4n) is 3.58. The lowest BCUT2D eigenvalue weighted by atomic mass is 10.3. The van der Waals surface area contributed by atoms with Crippen LogP contribution in [0.5, 0.6) is 0 Å². The lowest BCUT2D eigenvalue weighted by Gasteiger charge is -2.03. The quantitative estimate of drug-likeness (QED) is 0.196. The van der Waals surface area contributed by atoms with Gasteiger partial charge >= 0.3 is 0 Å². The number of hydrogen-bond acceptors (Lipinski definition) is 6. The molecule has 2 aromatic heterocycles. The van der Waals surface area contributed by atoms with E-state index in [1.807, 2.05) is 0 Å². The maximum absolute atomic E-state index is 12.6. The number of fused-ring (bicyclic) bond motifs is 2. The molecule has 0 bridgehead atoms. The third-order valence-electron chi connectivity index (χ3n) is 5.47. The smallest absolute Gasteiger partial charge is 0.254 e. The number of aryl methyl sites for hydroxylation is 2. The van der Waals surface area contributed by atoms with Gasteiger partial charge in [-0.25, -0.2) is 9.97 Å². The van der Waals surface area contributed by atoms with E-state index in [0.29, 0.717) is 54.3 Å². The molecule has 0 radical (unpaired) electrons. The molecule has 2 heterocycles. The number of hydrogen-bond donors (Lipinski definition) is 0. The van der Waals surface area contributed by atoms with Crippen molar-refractivity contribution in [1.29, 1.82) is 0 Å². The molecule has 2 aromatic carbocycles. The molecule has 0 aliphatic carbocycles. The molecule has 0 saturated heterocycles. The van der Waals surface area contributed by atoms with Crippen LogP contribution in [0, 0.1) is 0 Å². The monoisotopic (exact) mass is 588 g/mol. The molecule has 0 amide bonds. The third-order valence-corrected chi connectivity index (χ3v) is 8.79. The Morgan fingerprint density at radius 3 is 1.46 bits per heavy atom. The summed E-state index contributed by atoms with van der Waals surface area (Å²) in [5, 5.41) is 1.48. The van der Waals surface area contributed by atoms with Gasteiger partial charge in [0, 0.05) is 25.6 Å². The number of imidazole rings is 2. The SMILES string of the molecule is Cn1c(C(=O)SCCCCCSC(=O)c2nc3cc(Cl)c(Cl)cc3n2C)nc2cc(Cl)c(Cl)cc21. The Morgan fingerprint density at radius 1 is 0.686 bits per heavy atom. The van der Waals surface area contributed by atoms with Gasteiger partial charge in [0.25, 0.3) is 10.2 Å². The van der Waals surface area contributed by atoms with Crippen LogP contribution < -0.4 is 0 Å². The molecule has 0 unspecified atom stereocenters. The number of benzene rings is 2. The predicted molar refractivity (Wildman–Crippen MR) is 149 cm³/mol. The summed E-state index contributed by atoms with van der Waals surface area (Å²) in [6.45, 7) is 0. The Balaban J connectivity index is 1.22. The van der Waals surface area contributed by atoms with Crippen molar-refractivity contribution in [2.24, 2.45) is 14.1 Å². The minimum atomic E-state index is -0.0949. The molecule has 4 aromatic rings. The van der Waals surface area contributed by atoms with Gasteiger partial charge in [-0.3, -0.25) is 9.59 Å². The highest BCUT2D eigenvalue weighted by Gasteiger charge is 2.18. The van der Waals surface area contributed by atoms with E-state index in [9.17, 15) is 9.59 Å². The van der Waals surface area contributed by atoms with Crippen LogP contribution in [0.4, 0.5) is 0 Å². The summed E-state index contributed by atoms with van der Waals surface area (Å²) in [7, 11) is 3.57. The topological polar surface area (TPSA) is 69.8 Å². The normalized spacial score (nSPS) is 11.6. The molecule has 4 rings (SSSR count). The fraction of sp³-hybridized carbons (Fsp3) is 0.304. The van der Waals surface area contributed by atoms with Crippen LogP contribution in [-0.2, 0) is 14.1 Å². The predicted octanol–water partition coefficient (Wildman–Crippen LogP) is 7.69. The maximum atomic E-state index is 12.6. The molecule has 12 heteroatoms. The highest BCUT2D eigenvalue weighted by Crippen LogP contribution is 2.30. The molecule has 184 valence electrons. The maximum Gasteiger partial charge on any atom is 0.254 e. The second-order valence-electron chi connectivity index (χ2n) is 7.83. The molecule has 6 nitrogen and oxygen atoms in total. The van der Waals surface area contributed by atoms with Gasteiger partial charge in [-0.2, -0.15) is 0 Å². The number of carbonyl (C=O) groups excluding carboxylic acids is 2. The van der Waals surface area contributed by atoms with Crippen molar-refractivity contribution in [3.05, 3.63) is 56.0 Å². The number of carbonyl (C=O) groups is 2. The van der Waals surface area contributed by atoms with Crippen LogP contribution in [-0.4, -0.2) is 40.8 Å². The zero-order valence-corrected chi connectivity index (χ0v) is 23.4. The summed E-state index contributed by atoms with van der Waals surface area (Å²) >= 11 is 26.8. The second kappa shape index (κ2) is 11.3. The first-order chi connectivity index (χ1) is 16.7. The summed E-state index contributed by atoms with van der Waals surface area (Å²) in [5.41, 5.74) is 2.80. The molecular weight excluding hydrogens is 570 g/mol. The summed E-state index contributed by atoms with van der Waals surface area (Å²) in [6.07, 6.45) is 2.62. The highest BCUT2D eigenvalue weighted by molar-refractivity contribution is 8.14. The van der Waals surface area contributed by atoms with Crippen molar-refractivity contribution in [3.63, 3.8) is 0 Å². The minimum Gasteiger partial charge on any atom is -0.324 e. The average molecular weight is 590 g/mol. The number of aromatic nitrogens is 4. The summed E-state index contributed by atoms with van der Waals surface area (Å²) in [4.78, 5) is 34.1. The standard InChI is InChI=1S/C23H20Cl4N4O2S2/c1-30-18-10-14(26)12(24)8-16(18)28-20(30)22(32)34-6-4-3-5-7-35-23(33)21-29-17-9-13(25)15(27)11-19(17)31(21)2/h8-11H,3-7H2,1-2H3. The Morgan fingerprint density at radius 2 is 1.06 bits per heavy atom. The van der Waals surface area contributed by atoms with Crippen LogP contribution in [0.2, 0.25) is 20.1 Å². The Labute approximate surface area is 230 Å². The molecule has 0 fully saturated rings. The minimum absolute atomic E-state index is 0.0949. The van der Waals surface area contributed by atoms with E-state index in [4.69, 9.17) is 46.4 Å². The first-order valence-electron chi connectivity index (χ1n) is 10.6. The Kier molecular flexibility index (Phi) is 8.61. The molecule has 0 saturated carbocycles. The molecule has 0 atom stereocenters.